The number of hydrogen-bond donors (Lipinski definition) is 6. The molecular weight excluding hydrogens is 894 g/mol. The largest absolute Gasteiger partial charge is 0.470 e. The van der Waals surface area contributed by atoms with E-state index in [9.17, 15) is 44.1 Å². The van der Waals surface area contributed by atoms with Crippen molar-refractivity contribution in [3.8, 4) is 0 Å². The first-order chi connectivity index (χ1) is 32.9. The predicted molar refractivity (Wildman–Crippen MR) is 267 cm³/mol. The highest BCUT2D eigenvalue weighted by molar-refractivity contribution is 7.46. The lowest BCUT2D eigenvalue weighted by Gasteiger charge is -2.45. The molecule has 0 aliphatic carbocycles. The normalized spacial score (nSPS) is 19.4. The molecule has 0 bridgehead atoms. The molecule has 1 fully saturated rings. The number of carbonyl (C=O) groups excluding carboxylic acids is 3. The van der Waals surface area contributed by atoms with E-state index >= 15 is 0 Å². The molecule has 1 aliphatic rings. The average molecular weight is 994 g/mol. The summed E-state index contributed by atoms with van der Waals surface area (Å²) in [4.78, 5) is 60.8. The van der Waals surface area contributed by atoms with Crippen molar-refractivity contribution in [3.05, 3.63) is 0 Å². The van der Waals surface area contributed by atoms with Crippen molar-refractivity contribution in [2.75, 3.05) is 19.8 Å². The van der Waals surface area contributed by atoms with Crippen LogP contribution in [0.1, 0.15) is 252 Å². The zero-order valence-electron chi connectivity index (χ0n) is 43.0. The first-order valence-corrected chi connectivity index (χ1v) is 29.0. The van der Waals surface area contributed by atoms with Crippen LogP contribution in [0.2, 0.25) is 0 Å². The van der Waals surface area contributed by atoms with Crippen LogP contribution in [0.15, 0.2) is 0 Å². The quantitative estimate of drug-likeness (QED) is 0.0189. The molecule has 0 aromatic heterocycles. The van der Waals surface area contributed by atoms with Crippen LogP contribution in [0.25, 0.3) is 0 Å². The number of phosphoric acid groups is 1. The molecule has 0 saturated carbocycles. The fraction of sp³-hybridized carbons (Fsp3) is 0.942. The van der Waals surface area contributed by atoms with E-state index in [1.54, 1.807) is 0 Å². The molecule has 16 heteroatoms. The van der Waals surface area contributed by atoms with Crippen molar-refractivity contribution in [1.82, 2.24) is 5.32 Å². The Kier molecular flexibility index (Phi) is 40.6. The fourth-order valence-corrected chi connectivity index (χ4v) is 9.46. The molecule has 0 aromatic rings. The summed E-state index contributed by atoms with van der Waals surface area (Å²) in [6.45, 7) is 5.71. The lowest BCUT2D eigenvalue weighted by atomic mass is 9.96. The highest BCUT2D eigenvalue weighted by atomic mass is 31.2. The van der Waals surface area contributed by atoms with Gasteiger partial charge in [0.15, 0.2) is 12.4 Å². The molecule has 7 atom stereocenters. The number of unbranched alkanes of at least 4 members (excludes halogenated alkanes) is 27. The van der Waals surface area contributed by atoms with E-state index in [4.69, 9.17) is 23.5 Å². The van der Waals surface area contributed by atoms with Crippen molar-refractivity contribution >= 4 is 25.7 Å². The molecule has 6 N–H and O–H groups in total. The molecule has 0 spiro atoms. The molecule has 68 heavy (non-hydrogen) atoms. The minimum atomic E-state index is -5.31. The molecular formula is C52H100NO14P. The van der Waals surface area contributed by atoms with Crippen LogP contribution in [0, 0.1) is 0 Å². The molecule has 402 valence electrons. The van der Waals surface area contributed by atoms with E-state index < -0.39 is 75.1 Å². The fourth-order valence-electron chi connectivity index (χ4n) is 8.89. The van der Waals surface area contributed by atoms with E-state index in [2.05, 4.69) is 26.1 Å². The lowest BCUT2D eigenvalue weighted by Crippen LogP contribution is -2.66. The van der Waals surface area contributed by atoms with Crippen LogP contribution in [0.5, 0.6) is 0 Å². The van der Waals surface area contributed by atoms with Gasteiger partial charge in [-0.15, -0.1) is 0 Å². The third-order valence-corrected chi connectivity index (χ3v) is 13.4. The summed E-state index contributed by atoms with van der Waals surface area (Å²) in [5.41, 5.74) is 0. The van der Waals surface area contributed by atoms with Crippen LogP contribution < -0.4 is 5.32 Å². The molecule has 1 saturated heterocycles. The van der Waals surface area contributed by atoms with Crippen molar-refractivity contribution in [3.63, 3.8) is 0 Å². The minimum absolute atomic E-state index is 0.0253. The Labute approximate surface area is 411 Å². The first-order valence-electron chi connectivity index (χ1n) is 27.5. The number of amides is 1. The van der Waals surface area contributed by atoms with Crippen LogP contribution in [-0.2, 0) is 42.4 Å². The van der Waals surface area contributed by atoms with Crippen LogP contribution in [0.4, 0.5) is 0 Å². The van der Waals surface area contributed by atoms with Crippen LogP contribution in [-0.4, -0.2) is 106 Å². The smallest absolute Gasteiger partial charge is 0.462 e. The predicted octanol–water partition coefficient (Wildman–Crippen LogP) is 11.0. The minimum Gasteiger partial charge on any atom is -0.462 e. The number of aliphatic hydroxyl groups excluding tert-OH is 3. The molecule has 0 unspecified atom stereocenters. The maximum atomic E-state index is 14.0. The number of phosphoric ester groups is 1. The summed E-state index contributed by atoms with van der Waals surface area (Å²) in [7, 11) is -5.31. The van der Waals surface area contributed by atoms with Gasteiger partial charge in [0.1, 0.15) is 24.4 Å². The summed E-state index contributed by atoms with van der Waals surface area (Å²) in [5.74, 6) is -1.93. The van der Waals surface area contributed by atoms with E-state index in [1.165, 1.54) is 103 Å². The summed E-state index contributed by atoms with van der Waals surface area (Å²) < 4.78 is 41.3. The zero-order chi connectivity index (χ0) is 50.1. The van der Waals surface area contributed by atoms with Gasteiger partial charge in [-0.2, -0.15) is 0 Å². The Morgan fingerprint density at radius 1 is 0.588 bits per heavy atom. The maximum absolute atomic E-state index is 14.0. The van der Waals surface area contributed by atoms with Crippen LogP contribution in [0.3, 0.4) is 0 Å². The van der Waals surface area contributed by atoms with Gasteiger partial charge in [0, 0.05) is 19.6 Å². The summed E-state index contributed by atoms with van der Waals surface area (Å²) in [5, 5.41) is 33.3. The molecule has 1 aliphatic heterocycles. The maximum Gasteiger partial charge on any atom is 0.470 e. The molecule has 1 rings (SSSR count). The third-order valence-electron chi connectivity index (χ3n) is 12.9. The number of hydrogen-bond acceptors (Lipinski definition) is 12. The Bertz CT molecular complexity index is 1270. The molecule has 1 amide bonds. The second-order valence-electron chi connectivity index (χ2n) is 19.3. The van der Waals surface area contributed by atoms with Gasteiger partial charge in [0.2, 0.25) is 5.91 Å². The third kappa shape index (κ3) is 34.6. The first kappa shape index (κ1) is 64.3. The Morgan fingerprint density at radius 3 is 1.53 bits per heavy atom. The van der Waals surface area contributed by atoms with Gasteiger partial charge in [-0.05, 0) is 38.5 Å². The highest BCUT2D eigenvalue weighted by Gasteiger charge is 2.52. The van der Waals surface area contributed by atoms with Gasteiger partial charge >= 0.3 is 19.8 Å². The summed E-state index contributed by atoms with van der Waals surface area (Å²) >= 11 is 0. The van der Waals surface area contributed by atoms with Gasteiger partial charge in [-0.3, -0.25) is 18.9 Å². The van der Waals surface area contributed by atoms with E-state index in [1.807, 2.05) is 0 Å². The summed E-state index contributed by atoms with van der Waals surface area (Å²) in [6, 6.07) is -1.40. The van der Waals surface area contributed by atoms with Crippen LogP contribution >= 0.6 is 7.82 Å². The topological polar surface area (TPSA) is 228 Å². The van der Waals surface area contributed by atoms with E-state index in [0.29, 0.717) is 38.5 Å². The van der Waals surface area contributed by atoms with E-state index in [-0.39, 0.29) is 32.5 Å². The number of esters is 2. The Balaban J connectivity index is 3.15. The lowest BCUT2D eigenvalue weighted by molar-refractivity contribution is -0.271. The second kappa shape index (κ2) is 43.0. The van der Waals surface area contributed by atoms with Crippen molar-refractivity contribution in [1.29, 1.82) is 0 Å². The number of rotatable bonds is 47. The zero-order valence-corrected chi connectivity index (χ0v) is 43.9. The molecule has 1 heterocycles. The van der Waals surface area contributed by atoms with E-state index in [0.717, 1.165) is 70.6 Å². The Morgan fingerprint density at radius 2 is 1.06 bits per heavy atom. The van der Waals surface area contributed by atoms with Crippen molar-refractivity contribution in [2.45, 2.75) is 295 Å². The highest BCUT2D eigenvalue weighted by Crippen LogP contribution is 2.42. The molecule has 15 nitrogen and oxygen atoms in total. The number of ether oxygens (including phenoxy) is 4. The van der Waals surface area contributed by atoms with Gasteiger partial charge in [-0.25, -0.2) is 4.57 Å². The van der Waals surface area contributed by atoms with Crippen molar-refractivity contribution in [2.24, 2.45) is 0 Å². The number of aliphatic hydroxyl groups is 3. The SMILES string of the molecule is CCCCCCCCCCCCCC(=O)O[C@H](CCCCCCCCCCC)CC(=O)O[C@@H]1[C@@H](NC(=O)C[C@H](O)CCCCCCCCCCC)[C@H](OCCCCO)O[C@H](CO)[C@H]1OP(=O)(O)O. The summed E-state index contributed by atoms with van der Waals surface area (Å²) in [6.07, 6.45) is 25.2. The van der Waals surface area contributed by atoms with Gasteiger partial charge in [-0.1, -0.05) is 194 Å². The number of carbonyl (C=O) groups is 3. The molecule has 0 radical (unpaired) electrons. The second-order valence-corrected chi connectivity index (χ2v) is 20.5. The van der Waals surface area contributed by atoms with Gasteiger partial charge in [0.05, 0.1) is 25.6 Å². The Hall–Kier alpha value is -1.68. The van der Waals surface area contributed by atoms with Crippen molar-refractivity contribution < 1.29 is 67.5 Å². The number of nitrogens with one attached hydrogen (secondary N) is 1. The van der Waals surface area contributed by atoms with Gasteiger partial charge < -0.3 is 49.4 Å². The molecule has 0 aromatic carbocycles. The monoisotopic (exact) mass is 994 g/mol. The standard InChI is InChI=1S/C52H100NO14P/c1-4-7-10-13-16-19-20-23-26-29-32-37-47(58)64-44(36-31-28-25-22-18-15-12-9-6-3)41-48(59)66-51-49(53-46(57)40-43(56)35-30-27-24-21-17-14-11-8-5-2)52(63-39-34-33-38-54)65-45(42-55)50(51)67-68(60,61)62/h43-45,49-52,54-56H,4-42H2,1-3H3,(H,53,57)(H2,60,61,62)/t43-,44-,45-,49-,50-,51-,52-/m1/s1. The van der Waals surface area contributed by atoms with Gasteiger partial charge in [0.25, 0.3) is 0 Å². The average Bonchev–Trinajstić information content (AvgIpc) is 3.29.